The number of nitrogens with one attached hydrogen (secondary N) is 1. The van der Waals surface area contributed by atoms with E-state index in [0.717, 1.165) is 12.1 Å². The van der Waals surface area contributed by atoms with Crippen molar-refractivity contribution in [3.05, 3.63) is 57.6 Å². The van der Waals surface area contributed by atoms with Crippen LogP contribution in [-0.2, 0) is 0 Å². The molecule has 0 spiro atoms. The summed E-state index contributed by atoms with van der Waals surface area (Å²) in [4.78, 5) is 23.1. The molecule has 0 bridgehead atoms. The third-order valence-corrected chi connectivity index (χ3v) is 3.39. The van der Waals surface area contributed by atoms with Crippen LogP contribution in [0.3, 0.4) is 0 Å². The summed E-state index contributed by atoms with van der Waals surface area (Å²) in [6.07, 6.45) is 0. The lowest BCUT2D eigenvalue weighted by Gasteiger charge is -2.12. The second kappa shape index (κ2) is 6.03. The van der Waals surface area contributed by atoms with Gasteiger partial charge in [0.05, 0.1) is 21.3 Å². The van der Waals surface area contributed by atoms with E-state index < -0.39 is 17.6 Å². The number of anilines is 1. The fraction of sp³-hybridized carbons (Fsp3) is 0. The Hall–Kier alpha value is -2.24. The minimum absolute atomic E-state index is 0.0261. The first kappa shape index (κ1) is 15.2. The summed E-state index contributed by atoms with van der Waals surface area (Å²) in [5.74, 6) is -2.33. The molecule has 0 aliphatic carbocycles. The van der Waals surface area contributed by atoms with Crippen molar-refractivity contribution in [1.82, 2.24) is 0 Å². The molecule has 108 valence electrons. The van der Waals surface area contributed by atoms with Gasteiger partial charge in [-0.3, -0.25) is 4.79 Å². The van der Waals surface area contributed by atoms with Gasteiger partial charge in [0, 0.05) is 5.56 Å². The molecule has 0 heterocycles. The first-order valence-corrected chi connectivity index (χ1v) is 6.45. The summed E-state index contributed by atoms with van der Waals surface area (Å²) in [5, 5.41) is 23.1. The van der Waals surface area contributed by atoms with Crippen molar-refractivity contribution in [2.45, 2.75) is 0 Å². The first-order chi connectivity index (χ1) is 9.88. The van der Waals surface area contributed by atoms with Crippen LogP contribution in [0.2, 0.25) is 10.0 Å². The fourth-order valence-corrected chi connectivity index (χ4v) is 1.94. The minimum atomic E-state index is -1.31. The van der Waals surface area contributed by atoms with Crippen molar-refractivity contribution in [1.29, 1.82) is 0 Å². The van der Waals surface area contributed by atoms with Gasteiger partial charge in [-0.1, -0.05) is 35.3 Å². The molecule has 0 aliphatic heterocycles. The van der Waals surface area contributed by atoms with Crippen molar-refractivity contribution in [2.75, 3.05) is 5.32 Å². The lowest BCUT2D eigenvalue weighted by molar-refractivity contribution is -0.268. The molecule has 0 atom stereocenters. The summed E-state index contributed by atoms with van der Waals surface area (Å²) in [7, 11) is 0. The van der Waals surface area contributed by atoms with Crippen molar-refractivity contribution in [2.24, 2.45) is 0 Å². The SMILES string of the molecule is O=C(Nc1ccc([O-])cc1C(=O)O)c1ccc(Cl)c(Cl)c1. The fourth-order valence-electron chi connectivity index (χ4n) is 1.64. The zero-order valence-corrected chi connectivity index (χ0v) is 11.9. The summed E-state index contributed by atoms with van der Waals surface area (Å²) >= 11 is 11.6. The molecule has 0 aromatic heterocycles. The second-order valence-electron chi connectivity index (χ2n) is 4.10. The zero-order chi connectivity index (χ0) is 15.6. The number of hydrogen-bond acceptors (Lipinski definition) is 3. The lowest BCUT2D eigenvalue weighted by Crippen LogP contribution is -2.15. The number of hydrogen-bond donors (Lipinski definition) is 2. The minimum Gasteiger partial charge on any atom is -0.872 e. The Kier molecular flexibility index (Phi) is 4.35. The van der Waals surface area contributed by atoms with Gasteiger partial charge >= 0.3 is 5.97 Å². The van der Waals surface area contributed by atoms with Crippen LogP contribution in [-0.4, -0.2) is 17.0 Å². The monoisotopic (exact) mass is 324 g/mol. The predicted molar refractivity (Wildman–Crippen MR) is 77.3 cm³/mol. The van der Waals surface area contributed by atoms with Crippen LogP contribution in [0.5, 0.6) is 5.75 Å². The number of carboxylic acids is 1. The van der Waals surface area contributed by atoms with Crippen LogP contribution in [0, 0.1) is 0 Å². The molecule has 0 saturated heterocycles. The first-order valence-electron chi connectivity index (χ1n) is 5.69. The van der Waals surface area contributed by atoms with Gasteiger partial charge in [0.25, 0.3) is 5.91 Å². The summed E-state index contributed by atoms with van der Waals surface area (Å²) < 4.78 is 0. The van der Waals surface area contributed by atoms with Crippen LogP contribution >= 0.6 is 23.2 Å². The highest BCUT2D eigenvalue weighted by Gasteiger charge is 2.14. The molecule has 21 heavy (non-hydrogen) atoms. The van der Waals surface area contributed by atoms with E-state index in [9.17, 15) is 14.7 Å². The Balaban J connectivity index is 2.31. The van der Waals surface area contributed by atoms with E-state index in [1.54, 1.807) is 0 Å². The number of carbonyl (C=O) groups is 2. The Morgan fingerprint density at radius 1 is 1.05 bits per heavy atom. The third-order valence-electron chi connectivity index (χ3n) is 2.65. The van der Waals surface area contributed by atoms with Gasteiger partial charge in [-0.05, 0) is 24.3 Å². The molecule has 0 fully saturated rings. The standard InChI is InChI=1S/C14H9Cl2NO4/c15-10-3-1-7(5-11(10)16)13(19)17-12-4-2-8(18)6-9(12)14(20)21/h1-6,18H,(H,17,19)(H,20,21)/p-1. The molecular formula is C14H8Cl2NO4-. The van der Waals surface area contributed by atoms with E-state index in [1.807, 2.05) is 0 Å². The molecule has 2 N–H and O–H groups in total. The van der Waals surface area contributed by atoms with Crippen molar-refractivity contribution < 1.29 is 19.8 Å². The Bertz CT molecular complexity index is 731. The van der Waals surface area contributed by atoms with Gasteiger partial charge in [0.1, 0.15) is 0 Å². The molecule has 0 unspecified atom stereocenters. The maximum absolute atomic E-state index is 12.1. The van der Waals surface area contributed by atoms with Gasteiger partial charge < -0.3 is 15.5 Å². The van der Waals surface area contributed by atoms with E-state index in [0.29, 0.717) is 5.02 Å². The summed E-state index contributed by atoms with van der Waals surface area (Å²) in [6, 6.07) is 7.61. The highest BCUT2D eigenvalue weighted by molar-refractivity contribution is 6.42. The second-order valence-corrected chi connectivity index (χ2v) is 4.91. The molecule has 5 nitrogen and oxygen atoms in total. The zero-order valence-electron chi connectivity index (χ0n) is 10.4. The van der Waals surface area contributed by atoms with Gasteiger partial charge in [-0.2, -0.15) is 0 Å². The highest BCUT2D eigenvalue weighted by Crippen LogP contribution is 2.24. The Morgan fingerprint density at radius 3 is 2.38 bits per heavy atom. The molecule has 2 aromatic carbocycles. The van der Waals surface area contributed by atoms with Crippen molar-refractivity contribution >= 4 is 40.8 Å². The summed E-state index contributed by atoms with van der Waals surface area (Å²) in [5.41, 5.74) is -0.0407. The van der Waals surface area contributed by atoms with E-state index in [-0.39, 0.29) is 21.8 Å². The van der Waals surface area contributed by atoms with E-state index in [2.05, 4.69) is 5.32 Å². The Labute approximate surface area is 129 Å². The quantitative estimate of drug-likeness (QED) is 0.908. The normalized spacial score (nSPS) is 10.2. The average molecular weight is 325 g/mol. The summed E-state index contributed by atoms with van der Waals surface area (Å²) in [6.45, 7) is 0. The number of benzene rings is 2. The van der Waals surface area contributed by atoms with Crippen molar-refractivity contribution in [3.8, 4) is 5.75 Å². The van der Waals surface area contributed by atoms with Crippen LogP contribution in [0.1, 0.15) is 20.7 Å². The average Bonchev–Trinajstić information content (AvgIpc) is 2.43. The third kappa shape index (κ3) is 3.45. The number of carbonyl (C=O) groups excluding carboxylic acids is 1. The van der Waals surface area contributed by atoms with E-state index in [1.165, 1.54) is 24.3 Å². The Morgan fingerprint density at radius 2 is 1.76 bits per heavy atom. The highest BCUT2D eigenvalue weighted by atomic mass is 35.5. The molecule has 1 amide bonds. The van der Waals surface area contributed by atoms with Crippen LogP contribution in [0.15, 0.2) is 36.4 Å². The number of halogens is 2. The lowest BCUT2D eigenvalue weighted by atomic mass is 10.1. The van der Waals surface area contributed by atoms with Crippen LogP contribution in [0.4, 0.5) is 5.69 Å². The van der Waals surface area contributed by atoms with Gasteiger partial charge in [-0.25, -0.2) is 4.79 Å². The van der Waals surface area contributed by atoms with E-state index >= 15 is 0 Å². The smallest absolute Gasteiger partial charge is 0.337 e. The predicted octanol–water partition coefficient (Wildman–Crippen LogP) is 3.02. The molecule has 2 aromatic rings. The molecule has 0 radical (unpaired) electrons. The number of aromatic carboxylic acids is 1. The van der Waals surface area contributed by atoms with Crippen molar-refractivity contribution in [3.63, 3.8) is 0 Å². The van der Waals surface area contributed by atoms with E-state index in [4.69, 9.17) is 28.3 Å². The number of amides is 1. The molecule has 0 saturated carbocycles. The molecule has 7 heteroatoms. The topological polar surface area (TPSA) is 89.5 Å². The van der Waals surface area contributed by atoms with Crippen LogP contribution < -0.4 is 10.4 Å². The molecule has 2 rings (SSSR count). The molecule has 0 aliphatic rings. The van der Waals surface area contributed by atoms with Gasteiger partial charge in [-0.15, -0.1) is 5.75 Å². The van der Waals surface area contributed by atoms with Gasteiger partial charge in [0.2, 0.25) is 0 Å². The maximum atomic E-state index is 12.1. The largest absolute Gasteiger partial charge is 0.872 e. The van der Waals surface area contributed by atoms with Gasteiger partial charge in [0.15, 0.2) is 0 Å². The molecular weight excluding hydrogens is 317 g/mol. The van der Waals surface area contributed by atoms with Crippen LogP contribution in [0.25, 0.3) is 0 Å². The number of rotatable bonds is 3. The number of carboxylic acid groups (broad SMARTS) is 1. The maximum Gasteiger partial charge on any atom is 0.337 e.